The minimum Gasteiger partial charge on any atom is -0.338 e. The fraction of sp³-hybridized carbons (Fsp3) is 0.550. The normalized spacial score (nSPS) is 19.2. The maximum atomic E-state index is 12.7. The van der Waals surface area contributed by atoms with E-state index in [1.165, 1.54) is 0 Å². The lowest BCUT2D eigenvalue weighted by Crippen LogP contribution is -2.29. The van der Waals surface area contributed by atoms with Crippen molar-refractivity contribution < 1.29 is 4.79 Å². The summed E-state index contributed by atoms with van der Waals surface area (Å²) in [5, 5.41) is 0. The zero-order chi connectivity index (χ0) is 18.1. The lowest BCUT2D eigenvalue weighted by molar-refractivity contribution is 0.0797. The van der Waals surface area contributed by atoms with Gasteiger partial charge in [0.25, 0.3) is 5.91 Å². The molecule has 0 unspecified atom stereocenters. The van der Waals surface area contributed by atoms with E-state index in [0.29, 0.717) is 5.92 Å². The zero-order valence-corrected chi connectivity index (χ0v) is 16.4. The van der Waals surface area contributed by atoms with E-state index < -0.39 is 0 Å². The predicted octanol–water partition coefficient (Wildman–Crippen LogP) is 3.56. The van der Waals surface area contributed by atoms with Crippen LogP contribution in [0.2, 0.25) is 0 Å². The quantitative estimate of drug-likeness (QED) is 0.829. The number of piperidine rings is 1. The van der Waals surface area contributed by atoms with Crippen LogP contribution in [0.4, 0.5) is 0 Å². The molecule has 0 aliphatic carbocycles. The van der Waals surface area contributed by atoms with Crippen LogP contribution in [0.3, 0.4) is 0 Å². The summed E-state index contributed by atoms with van der Waals surface area (Å²) in [6, 6.07) is 2.10. The number of amides is 1. The fourth-order valence-corrected chi connectivity index (χ4v) is 4.96. The molecule has 4 heterocycles. The summed E-state index contributed by atoms with van der Waals surface area (Å²) in [5.74, 6) is 1.61. The van der Waals surface area contributed by atoms with Gasteiger partial charge in [-0.1, -0.05) is 0 Å². The van der Waals surface area contributed by atoms with E-state index in [-0.39, 0.29) is 5.91 Å². The Kier molecular flexibility index (Phi) is 5.05. The number of carbonyl (C=O) groups is 1. The molecule has 26 heavy (non-hydrogen) atoms. The van der Waals surface area contributed by atoms with Gasteiger partial charge in [0.2, 0.25) is 0 Å². The first-order valence-corrected chi connectivity index (χ1v) is 10.3. The molecule has 0 spiro atoms. The molecule has 1 amide bonds. The minimum absolute atomic E-state index is 0.181. The van der Waals surface area contributed by atoms with Crippen LogP contribution < -0.4 is 0 Å². The second kappa shape index (κ2) is 7.45. The first-order valence-electron chi connectivity index (χ1n) is 9.52. The number of aromatic nitrogens is 2. The molecule has 0 aromatic carbocycles. The highest BCUT2D eigenvalue weighted by molar-refractivity contribution is 7.17. The predicted molar refractivity (Wildman–Crippen MR) is 105 cm³/mol. The van der Waals surface area contributed by atoms with Gasteiger partial charge < -0.3 is 9.80 Å². The molecular weight excluding hydrogens is 344 g/mol. The minimum atomic E-state index is 0.181. The monoisotopic (exact) mass is 370 g/mol. The smallest absolute Gasteiger partial charge is 0.264 e. The summed E-state index contributed by atoms with van der Waals surface area (Å²) in [6.07, 6.45) is 8.35. The summed E-state index contributed by atoms with van der Waals surface area (Å²) < 4.78 is 0. The average molecular weight is 371 g/mol. The van der Waals surface area contributed by atoms with E-state index in [4.69, 9.17) is 0 Å². The maximum Gasteiger partial charge on any atom is 0.264 e. The number of rotatable bonds is 3. The second-order valence-corrected chi connectivity index (χ2v) is 8.58. The summed E-state index contributed by atoms with van der Waals surface area (Å²) in [7, 11) is 2.17. The number of thiophene rings is 1. The van der Waals surface area contributed by atoms with E-state index in [1.54, 1.807) is 11.3 Å². The van der Waals surface area contributed by atoms with Crippen molar-refractivity contribution in [2.75, 3.05) is 33.2 Å². The van der Waals surface area contributed by atoms with Crippen LogP contribution in [0, 0.1) is 6.92 Å². The highest BCUT2D eigenvalue weighted by atomic mass is 32.1. The first-order chi connectivity index (χ1) is 12.6. The van der Waals surface area contributed by atoms with Gasteiger partial charge in [-0.05, 0) is 64.4 Å². The Bertz CT molecular complexity index is 772. The van der Waals surface area contributed by atoms with Gasteiger partial charge in [-0.15, -0.1) is 11.3 Å². The molecule has 5 nitrogen and oxygen atoms in total. The zero-order valence-electron chi connectivity index (χ0n) is 15.6. The standard InChI is InChI=1S/C20H26N4OS/c1-14-11-17(26-18(14)20(25)24-7-3-4-8-24)16-12-21-19(22-13-16)15-5-9-23(2)10-6-15/h11-13,15H,3-10H2,1-2H3. The van der Waals surface area contributed by atoms with Gasteiger partial charge in [0, 0.05) is 41.8 Å². The molecule has 6 heteroatoms. The molecule has 2 aliphatic rings. The molecule has 0 bridgehead atoms. The lowest BCUT2D eigenvalue weighted by Gasteiger charge is -2.27. The lowest BCUT2D eigenvalue weighted by atomic mass is 9.96. The van der Waals surface area contributed by atoms with Crippen molar-refractivity contribution in [1.82, 2.24) is 19.8 Å². The third-order valence-electron chi connectivity index (χ3n) is 5.55. The third-order valence-corrected chi connectivity index (χ3v) is 6.82. The van der Waals surface area contributed by atoms with Crippen LogP contribution in [0.15, 0.2) is 18.5 Å². The van der Waals surface area contributed by atoms with Gasteiger partial charge in [0.05, 0.1) is 4.88 Å². The topological polar surface area (TPSA) is 49.3 Å². The van der Waals surface area contributed by atoms with Crippen molar-refractivity contribution in [2.45, 2.75) is 38.5 Å². The molecule has 138 valence electrons. The molecule has 0 N–H and O–H groups in total. The Morgan fingerprint density at radius 1 is 1.12 bits per heavy atom. The van der Waals surface area contributed by atoms with Crippen LogP contribution >= 0.6 is 11.3 Å². The molecule has 2 aromatic heterocycles. The largest absolute Gasteiger partial charge is 0.338 e. The van der Waals surface area contributed by atoms with Crippen LogP contribution in [0.5, 0.6) is 0 Å². The van der Waals surface area contributed by atoms with E-state index in [1.807, 2.05) is 24.2 Å². The molecular formula is C20H26N4OS. The van der Waals surface area contributed by atoms with Crippen molar-refractivity contribution in [2.24, 2.45) is 0 Å². The molecule has 0 radical (unpaired) electrons. The Balaban J connectivity index is 1.51. The van der Waals surface area contributed by atoms with Crippen molar-refractivity contribution >= 4 is 17.2 Å². The fourth-order valence-electron chi connectivity index (χ4n) is 3.84. The van der Waals surface area contributed by atoms with Crippen molar-refractivity contribution in [3.8, 4) is 10.4 Å². The molecule has 2 aliphatic heterocycles. The Hall–Kier alpha value is -1.79. The second-order valence-electron chi connectivity index (χ2n) is 7.53. The average Bonchev–Trinajstić information content (AvgIpc) is 3.32. The SMILES string of the molecule is Cc1cc(-c2cnc(C3CCN(C)CC3)nc2)sc1C(=O)N1CCCC1. The third kappa shape index (κ3) is 3.53. The van der Waals surface area contributed by atoms with Gasteiger partial charge in [0.15, 0.2) is 0 Å². The van der Waals surface area contributed by atoms with Gasteiger partial charge in [-0.2, -0.15) is 0 Å². The maximum absolute atomic E-state index is 12.7. The highest BCUT2D eigenvalue weighted by Crippen LogP contribution is 2.33. The summed E-state index contributed by atoms with van der Waals surface area (Å²) in [6.45, 7) is 6.03. The Morgan fingerprint density at radius 2 is 1.77 bits per heavy atom. The number of hydrogen-bond acceptors (Lipinski definition) is 5. The van der Waals surface area contributed by atoms with Crippen LogP contribution in [-0.4, -0.2) is 58.9 Å². The molecule has 0 saturated carbocycles. The van der Waals surface area contributed by atoms with Crippen molar-refractivity contribution in [3.05, 3.63) is 34.7 Å². The van der Waals surface area contributed by atoms with Crippen LogP contribution in [0.1, 0.15) is 52.7 Å². The molecule has 4 rings (SSSR count). The van der Waals surface area contributed by atoms with E-state index in [9.17, 15) is 4.79 Å². The number of nitrogens with zero attached hydrogens (tertiary/aromatic N) is 4. The van der Waals surface area contributed by atoms with Gasteiger partial charge in [-0.25, -0.2) is 9.97 Å². The summed E-state index contributed by atoms with van der Waals surface area (Å²) in [4.78, 5) is 28.3. The number of carbonyl (C=O) groups excluding carboxylic acids is 1. The van der Waals surface area contributed by atoms with Crippen molar-refractivity contribution in [3.63, 3.8) is 0 Å². The molecule has 2 aromatic rings. The van der Waals surface area contributed by atoms with Gasteiger partial charge >= 0.3 is 0 Å². The first kappa shape index (κ1) is 17.6. The highest BCUT2D eigenvalue weighted by Gasteiger charge is 2.24. The summed E-state index contributed by atoms with van der Waals surface area (Å²) in [5.41, 5.74) is 2.07. The molecule has 2 fully saturated rings. The molecule has 2 saturated heterocycles. The van der Waals surface area contributed by atoms with Gasteiger partial charge in [0.1, 0.15) is 5.82 Å². The van der Waals surface area contributed by atoms with Crippen LogP contribution in [-0.2, 0) is 0 Å². The number of likely N-dealkylation sites (tertiary alicyclic amines) is 2. The summed E-state index contributed by atoms with van der Waals surface area (Å²) >= 11 is 1.57. The Morgan fingerprint density at radius 3 is 2.42 bits per heavy atom. The van der Waals surface area contributed by atoms with E-state index in [2.05, 4.69) is 28.0 Å². The number of aryl methyl sites for hydroxylation is 1. The van der Waals surface area contributed by atoms with Crippen LogP contribution in [0.25, 0.3) is 10.4 Å². The Labute approximate surface area is 159 Å². The number of hydrogen-bond donors (Lipinski definition) is 0. The van der Waals surface area contributed by atoms with E-state index >= 15 is 0 Å². The van der Waals surface area contributed by atoms with E-state index in [0.717, 1.165) is 78.6 Å². The van der Waals surface area contributed by atoms with Gasteiger partial charge in [-0.3, -0.25) is 4.79 Å². The molecule has 0 atom stereocenters. The van der Waals surface area contributed by atoms with Crippen molar-refractivity contribution in [1.29, 1.82) is 0 Å².